The second-order valence-corrected chi connectivity index (χ2v) is 4.14. The lowest BCUT2D eigenvalue weighted by Gasteiger charge is -2.23. The molecule has 1 unspecified atom stereocenters. The maximum atomic E-state index is 13.0. The van der Waals surface area contributed by atoms with Crippen LogP contribution >= 0.6 is 0 Å². The van der Waals surface area contributed by atoms with Gasteiger partial charge in [0.1, 0.15) is 0 Å². The van der Waals surface area contributed by atoms with Gasteiger partial charge >= 0.3 is 0 Å². The van der Waals surface area contributed by atoms with Gasteiger partial charge in [-0.25, -0.2) is 13.2 Å². The van der Waals surface area contributed by atoms with Crippen molar-refractivity contribution in [2.24, 2.45) is 0 Å². The van der Waals surface area contributed by atoms with Crippen LogP contribution in [0, 0.1) is 17.5 Å². The Morgan fingerprint density at radius 1 is 1.28 bits per heavy atom. The highest BCUT2D eigenvalue weighted by Crippen LogP contribution is 2.14. The van der Waals surface area contributed by atoms with Crippen LogP contribution in [0.2, 0.25) is 0 Å². The molecule has 3 nitrogen and oxygen atoms in total. The lowest BCUT2D eigenvalue weighted by molar-refractivity contribution is 0.0623. The second kappa shape index (κ2) is 5.39. The van der Waals surface area contributed by atoms with Crippen LogP contribution in [0.4, 0.5) is 13.2 Å². The summed E-state index contributed by atoms with van der Waals surface area (Å²) >= 11 is 0. The van der Waals surface area contributed by atoms with Gasteiger partial charge in [0.05, 0.1) is 12.6 Å². The summed E-state index contributed by atoms with van der Waals surface area (Å²) in [4.78, 5) is 11.7. The number of halogens is 3. The van der Waals surface area contributed by atoms with Gasteiger partial charge in [-0.2, -0.15) is 0 Å². The summed E-state index contributed by atoms with van der Waals surface area (Å²) in [5, 5.41) is 2.59. The van der Waals surface area contributed by atoms with Crippen LogP contribution in [0.1, 0.15) is 23.2 Å². The van der Waals surface area contributed by atoms with Crippen LogP contribution < -0.4 is 5.32 Å². The highest BCUT2D eigenvalue weighted by atomic mass is 19.2. The van der Waals surface area contributed by atoms with Crippen LogP contribution in [0.25, 0.3) is 0 Å². The predicted molar refractivity (Wildman–Crippen MR) is 57.6 cm³/mol. The van der Waals surface area contributed by atoms with Crippen LogP contribution in [0.5, 0.6) is 0 Å². The molecule has 6 heteroatoms. The van der Waals surface area contributed by atoms with Gasteiger partial charge in [0.15, 0.2) is 17.5 Å². The van der Waals surface area contributed by atoms with E-state index in [1.165, 1.54) is 0 Å². The number of amides is 1. The van der Waals surface area contributed by atoms with E-state index < -0.39 is 23.4 Å². The Morgan fingerprint density at radius 3 is 2.50 bits per heavy atom. The average Bonchev–Trinajstić information content (AvgIpc) is 2.36. The molecule has 0 saturated carbocycles. The van der Waals surface area contributed by atoms with Gasteiger partial charge in [-0.1, -0.05) is 0 Å². The Labute approximate surface area is 102 Å². The summed E-state index contributed by atoms with van der Waals surface area (Å²) in [6, 6.07) is 1.18. The minimum atomic E-state index is -1.58. The topological polar surface area (TPSA) is 38.3 Å². The Kier molecular flexibility index (Phi) is 3.86. The third-order valence-corrected chi connectivity index (χ3v) is 2.74. The highest BCUT2D eigenvalue weighted by Gasteiger charge is 2.19. The fourth-order valence-corrected chi connectivity index (χ4v) is 1.81. The maximum absolute atomic E-state index is 13.0. The molecule has 18 heavy (non-hydrogen) atoms. The van der Waals surface area contributed by atoms with Gasteiger partial charge in [-0.05, 0) is 25.0 Å². The Balaban J connectivity index is 2.08. The van der Waals surface area contributed by atoms with Gasteiger partial charge in [0, 0.05) is 12.2 Å². The third kappa shape index (κ3) is 2.81. The normalized spacial score (nSPS) is 19.6. The van der Waals surface area contributed by atoms with E-state index in [-0.39, 0.29) is 11.6 Å². The molecular weight excluding hydrogens is 247 g/mol. The zero-order valence-corrected chi connectivity index (χ0v) is 9.51. The highest BCUT2D eigenvalue weighted by molar-refractivity contribution is 5.94. The van der Waals surface area contributed by atoms with E-state index in [0.717, 1.165) is 12.8 Å². The van der Waals surface area contributed by atoms with Gasteiger partial charge in [-0.3, -0.25) is 4.79 Å². The van der Waals surface area contributed by atoms with Crippen LogP contribution in [-0.2, 0) is 4.74 Å². The first-order valence-electron chi connectivity index (χ1n) is 5.61. The Morgan fingerprint density at radius 2 is 1.94 bits per heavy atom. The van der Waals surface area contributed by atoms with E-state index in [1.807, 2.05) is 0 Å². The van der Waals surface area contributed by atoms with Crippen molar-refractivity contribution in [1.29, 1.82) is 0 Å². The molecule has 1 N–H and O–H groups in total. The quantitative estimate of drug-likeness (QED) is 0.825. The summed E-state index contributed by atoms with van der Waals surface area (Å²) in [6.07, 6.45) is 1.56. The number of hydrogen-bond acceptors (Lipinski definition) is 2. The van der Waals surface area contributed by atoms with E-state index in [4.69, 9.17) is 4.74 Å². The number of rotatable bonds is 2. The standard InChI is InChI=1S/C12H12F3NO2/c13-9-4-7(5-10(14)11(9)15)12(17)16-8-2-1-3-18-6-8/h4-5,8H,1-3,6H2,(H,16,17). The number of hydrogen-bond donors (Lipinski definition) is 1. The smallest absolute Gasteiger partial charge is 0.251 e. The SMILES string of the molecule is O=C(NC1CCCOC1)c1cc(F)c(F)c(F)c1. The van der Waals surface area contributed by atoms with E-state index in [0.29, 0.717) is 25.3 Å². The largest absolute Gasteiger partial charge is 0.379 e. The first-order valence-corrected chi connectivity index (χ1v) is 5.61. The van der Waals surface area contributed by atoms with Crippen molar-refractivity contribution in [3.05, 3.63) is 35.1 Å². The van der Waals surface area contributed by atoms with Crippen LogP contribution in [-0.4, -0.2) is 25.2 Å². The van der Waals surface area contributed by atoms with E-state index in [2.05, 4.69) is 5.32 Å². The molecule has 0 radical (unpaired) electrons. The first-order chi connectivity index (χ1) is 8.58. The number of carbonyl (C=O) groups excluding carboxylic acids is 1. The second-order valence-electron chi connectivity index (χ2n) is 4.14. The van der Waals surface area contributed by atoms with Gasteiger partial charge < -0.3 is 10.1 Å². The fourth-order valence-electron chi connectivity index (χ4n) is 1.81. The molecule has 1 atom stereocenters. The summed E-state index contributed by atoms with van der Waals surface area (Å²) in [5.74, 6) is -4.96. The van der Waals surface area contributed by atoms with Crippen molar-refractivity contribution in [2.75, 3.05) is 13.2 Å². The van der Waals surface area contributed by atoms with Crippen LogP contribution in [0.3, 0.4) is 0 Å². The minimum absolute atomic E-state index is 0.178. The zero-order chi connectivity index (χ0) is 13.1. The molecule has 1 aromatic carbocycles. The van der Waals surface area contributed by atoms with Crippen molar-refractivity contribution < 1.29 is 22.7 Å². The van der Waals surface area contributed by atoms with Gasteiger partial charge in [-0.15, -0.1) is 0 Å². The predicted octanol–water partition coefficient (Wildman–Crippen LogP) is 2.01. The summed E-state index contributed by atoms with van der Waals surface area (Å²) in [6.45, 7) is 1.02. The van der Waals surface area contributed by atoms with Crippen LogP contribution in [0.15, 0.2) is 12.1 Å². The molecule has 1 aromatic rings. The zero-order valence-electron chi connectivity index (χ0n) is 9.51. The number of nitrogens with one attached hydrogen (secondary N) is 1. The number of ether oxygens (including phenoxy) is 1. The molecule has 0 aromatic heterocycles. The third-order valence-electron chi connectivity index (χ3n) is 2.74. The maximum Gasteiger partial charge on any atom is 0.251 e. The Bertz CT molecular complexity index is 436. The number of benzene rings is 1. The van der Waals surface area contributed by atoms with Crippen molar-refractivity contribution in [1.82, 2.24) is 5.32 Å². The molecule has 1 fully saturated rings. The Hall–Kier alpha value is -1.56. The van der Waals surface area contributed by atoms with Crippen molar-refractivity contribution in [3.63, 3.8) is 0 Å². The molecule has 1 amide bonds. The average molecular weight is 259 g/mol. The molecule has 98 valence electrons. The van der Waals surface area contributed by atoms with Crippen molar-refractivity contribution in [3.8, 4) is 0 Å². The summed E-state index contributed by atoms with van der Waals surface area (Å²) in [7, 11) is 0. The molecule has 1 aliphatic heterocycles. The molecule has 1 saturated heterocycles. The molecule has 1 heterocycles. The fraction of sp³-hybridized carbons (Fsp3) is 0.417. The van der Waals surface area contributed by atoms with Crippen molar-refractivity contribution in [2.45, 2.75) is 18.9 Å². The lowest BCUT2D eigenvalue weighted by atomic mass is 10.1. The molecule has 0 aliphatic carbocycles. The molecular formula is C12H12F3NO2. The monoisotopic (exact) mass is 259 g/mol. The molecule has 0 spiro atoms. The minimum Gasteiger partial charge on any atom is -0.379 e. The molecule has 2 rings (SSSR count). The van der Waals surface area contributed by atoms with E-state index >= 15 is 0 Å². The van der Waals surface area contributed by atoms with E-state index in [1.54, 1.807) is 0 Å². The van der Waals surface area contributed by atoms with Gasteiger partial charge in [0.2, 0.25) is 0 Å². The van der Waals surface area contributed by atoms with E-state index in [9.17, 15) is 18.0 Å². The molecule has 1 aliphatic rings. The summed E-state index contributed by atoms with van der Waals surface area (Å²) < 4.78 is 43.8. The first kappa shape index (κ1) is 12.9. The number of carbonyl (C=O) groups is 1. The lowest BCUT2D eigenvalue weighted by Crippen LogP contribution is -2.40. The van der Waals surface area contributed by atoms with Crippen molar-refractivity contribution >= 4 is 5.91 Å². The van der Waals surface area contributed by atoms with Gasteiger partial charge in [0.25, 0.3) is 5.91 Å². The molecule has 0 bridgehead atoms. The summed E-state index contributed by atoms with van der Waals surface area (Å²) in [5.41, 5.74) is -0.239.